The molecule has 1 aromatic heterocycles. The Morgan fingerprint density at radius 2 is 1.72 bits per heavy atom. The number of carboxylic acids is 1. The Bertz CT molecular complexity index is 1530. The van der Waals surface area contributed by atoms with Crippen molar-refractivity contribution in [1.82, 2.24) is 5.32 Å². The summed E-state index contributed by atoms with van der Waals surface area (Å²) in [6.07, 6.45) is 6.08. The summed E-state index contributed by atoms with van der Waals surface area (Å²) in [6.45, 7) is 2.81. The molecule has 2 fully saturated rings. The number of carbonyl (C=O) groups excluding carboxylic acids is 1. The van der Waals surface area contributed by atoms with E-state index < -0.39 is 22.0 Å². The molecule has 2 N–H and O–H groups in total. The number of piperidine rings is 1. The first-order valence-corrected chi connectivity index (χ1v) is 17.2. The lowest BCUT2D eigenvalue weighted by Crippen LogP contribution is -2.46. The van der Waals surface area contributed by atoms with E-state index in [0.717, 1.165) is 56.5 Å². The number of benzene rings is 2. The van der Waals surface area contributed by atoms with Gasteiger partial charge in [-0.25, -0.2) is 18.0 Å². The minimum atomic E-state index is -3.75. The number of nitrogens with zero attached hydrogens (tertiary/aromatic N) is 1. The number of sulfonamides is 1. The number of rotatable bonds is 11. The third-order valence-corrected chi connectivity index (χ3v) is 11.1. The summed E-state index contributed by atoms with van der Waals surface area (Å²) < 4.78 is 40.7. The summed E-state index contributed by atoms with van der Waals surface area (Å²) in [5.41, 5.74) is 2.49. The highest BCUT2D eigenvalue weighted by Crippen LogP contribution is 2.43. The van der Waals surface area contributed by atoms with Crippen molar-refractivity contribution in [2.45, 2.75) is 69.8 Å². The van der Waals surface area contributed by atoms with E-state index in [9.17, 15) is 23.1 Å². The zero-order chi connectivity index (χ0) is 30.4. The number of thiophene rings is 1. The van der Waals surface area contributed by atoms with Crippen LogP contribution in [0.1, 0.15) is 65.7 Å². The Balaban J connectivity index is 1.43. The summed E-state index contributed by atoms with van der Waals surface area (Å²) in [7, 11) is -3.75. The van der Waals surface area contributed by atoms with Gasteiger partial charge in [-0.2, -0.15) is 0 Å². The number of aromatic carboxylic acids is 1. The zero-order valence-electron chi connectivity index (χ0n) is 24.3. The van der Waals surface area contributed by atoms with E-state index in [1.54, 1.807) is 29.4 Å². The van der Waals surface area contributed by atoms with Gasteiger partial charge < -0.3 is 19.9 Å². The first-order valence-electron chi connectivity index (χ1n) is 14.8. The van der Waals surface area contributed by atoms with Crippen LogP contribution in [-0.2, 0) is 25.3 Å². The van der Waals surface area contributed by atoms with E-state index in [-0.39, 0.29) is 35.1 Å². The van der Waals surface area contributed by atoms with Crippen molar-refractivity contribution < 1.29 is 32.6 Å². The van der Waals surface area contributed by atoms with Gasteiger partial charge in [-0.15, -0.1) is 11.3 Å². The van der Waals surface area contributed by atoms with Crippen molar-refractivity contribution in [3.8, 4) is 16.2 Å². The molecule has 2 aromatic carbocycles. The molecule has 0 radical (unpaired) electrons. The molecule has 0 unspecified atom stereocenters. The quantitative estimate of drug-likeness (QED) is 0.258. The Morgan fingerprint density at radius 1 is 1.00 bits per heavy atom. The van der Waals surface area contributed by atoms with Gasteiger partial charge in [0.25, 0.3) is 0 Å². The molecular weight excluding hydrogens is 588 g/mol. The van der Waals surface area contributed by atoms with E-state index in [2.05, 4.69) is 5.32 Å². The van der Waals surface area contributed by atoms with Crippen LogP contribution in [0, 0.1) is 6.92 Å². The highest BCUT2D eigenvalue weighted by molar-refractivity contribution is 7.92. The molecule has 1 aliphatic heterocycles. The third-order valence-electron chi connectivity index (χ3n) is 7.97. The van der Waals surface area contributed by atoms with Crippen molar-refractivity contribution in [3.05, 3.63) is 70.6 Å². The van der Waals surface area contributed by atoms with Crippen LogP contribution in [0.15, 0.2) is 54.6 Å². The predicted molar refractivity (Wildman–Crippen MR) is 167 cm³/mol. The molecule has 1 saturated carbocycles. The van der Waals surface area contributed by atoms with Crippen LogP contribution in [0.5, 0.6) is 5.75 Å². The Hall–Kier alpha value is -3.41. The first kappa shape index (κ1) is 31.0. The van der Waals surface area contributed by atoms with Crippen LogP contribution in [0.25, 0.3) is 10.4 Å². The molecule has 0 atom stereocenters. The maximum Gasteiger partial charge on any atom is 0.349 e. The van der Waals surface area contributed by atoms with E-state index in [1.165, 1.54) is 0 Å². The number of hydrogen-bond acceptors (Lipinski definition) is 8. The minimum absolute atomic E-state index is 0.0183. The van der Waals surface area contributed by atoms with Crippen molar-refractivity contribution in [2.24, 2.45) is 0 Å². The Kier molecular flexibility index (Phi) is 10.0. The summed E-state index contributed by atoms with van der Waals surface area (Å²) >= 11 is 1.05. The average molecular weight is 627 g/mol. The molecule has 2 aliphatic rings. The summed E-state index contributed by atoms with van der Waals surface area (Å²) in [5.74, 6) is -1.67. The van der Waals surface area contributed by atoms with Crippen molar-refractivity contribution in [2.75, 3.05) is 24.0 Å². The van der Waals surface area contributed by atoms with Crippen molar-refractivity contribution in [3.63, 3.8) is 0 Å². The fourth-order valence-corrected chi connectivity index (χ4v) is 8.84. The van der Waals surface area contributed by atoms with Crippen LogP contribution in [0.3, 0.4) is 0 Å². The minimum Gasteiger partial charge on any atom is -0.480 e. The number of carbonyl (C=O) groups is 2. The zero-order valence-corrected chi connectivity index (χ0v) is 25.9. The van der Waals surface area contributed by atoms with E-state index in [0.29, 0.717) is 40.1 Å². The molecule has 9 nitrogen and oxygen atoms in total. The van der Waals surface area contributed by atoms with Crippen LogP contribution >= 0.6 is 11.3 Å². The SMILES string of the molecule is Cc1c(-c2cccc(N(C3CCNCC3)S(=O)(=O)Cc3ccccc3)c2)sc(C(=O)O)c1OCC(=O)OC1CCCCC1. The molecule has 5 rings (SSSR count). The molecule has 0 spiro atoms. The standard InChI is InChI=1S/C32H38N2O7S2/c1-22-29(40-20-28(35)41-27-13-6-3-7-14-27)31(32(36)37)42-30(22)24-11-8-12-26(19-24)34(25-15-17-33-18-16-25)43(38,39)21-23-9-4-2-5-10-23/h2,4-5,8-12,19,25,27,33H,3,6-7,13-18,20-21H2,1H3,(H,36,37). The van der Waals surface area contributed by atoms with Gasteiger partial charge in [0.05, 0.1) is 11.4 Å². The van der Waals surface area contributed by atoms with Gasteiger partial charge in [-0.1, -0.05) is 48.9 Å². The second-order valence-electron chi connectivity index (χ2n) is 11.1. The molecule has 1 saturated heterocycles. The van der Waals surface area contributed by atoms with E-state index in [4.69, 9.17) is 9.47 Å². The van der Waals surface area contributed by atoms with Gasteiger partial charge in [0.1, 0.15) is 11.9 Å². The number of nitrogens with one attached hydrogen (secondary N) is 1. The van der Waals surface area contributed by atoms with Gasteiger partial charge in [-0.3, -0.25) is 4.31 Å². The molecule has 11 heteroatoms. The number of esters is 1. The van der Waals surface area contributed by atoms with E-state index >= 15 is 0 Å². The number of ether oxygens (including phenoxy) is 2. The van der Waals surface area contributed by atoms with Gasteiger partial charge in [-0.05, 0) is 81.8 Å². The number of carboxylic acid groups (broad SMARTS) is 1. The maximum absolute atomic E-state index is 13.9. The van der Waals surface area contributed by atoms with Crippen LogP contribution in [0.4, 0.5) is 5.69 Å². The van der Waals surface area contributed by atoms with Crippen LogP contribution in [-0.4, -0.2) is 57.3 Å². The molecule has 230 valence electrons. The van der Waals surface area contributed by atoms with Crippen LogP contribution in [0.2, 0.25) is 0 Å². The molecule has 0 amide bonds. The average Bonchev–Trinajstić information content (AvgIpc) is 3.34. The Labute approximate surface area is 256 Å². The lowest BCUT2D eigenvalue weighted by Gasteiger charge is -2.35. The van der Waals surface area contributed by atoms with Gasteiger partial charge in [0.2, 0.25) is 10.0 Å². The largest absolute Gasteiger partial charge is 0.480 e. The second-order valence-corrected chi connectivity index (χ2v) is 14.0. The lowest BCUT2D eigenvalue weighted by molar-refractivity contribution is -0.152. The summed E-state index contributed by atoms with van der Waals surface area (Å²) in [5, 5.41) is 13.3. The van der Waals surface area contributed by atoms with Crippen molar-refractivity contribution in [1.29, 1.82) is 0 Å². The third kappa shape index (κ3) is 7.57. The molecular formula is C32H38N2O7S2. The molecule has 1 aliphatic carbocycles. The molecule has 3 aromatic rings. The molecule has 2 heterocycles. The number of hydrogen-bond donors (Lipinski definition) is 2. The normalized spacial score (nSPS) is 16.5. The maximum atomic E-state index is 13.9. The molecule has 0 bridgehead atoms. The highest BCUT2D eigenvalue weighted by Gasteiger charge is 2.32. The fraction of sp³-hybridized carbons (Fsp3) is 0.438. The Morgan fingerprint density at radius 3 is 2.42 bits per heavy atom. The number of anilines is 1. The van der Waals surface area contributed by atoms with Crippen molar-refractivity contribution >= 4 is 39.0 Å². The van der Waals surface area contributed by atoms with Gasteiger partial charge in [0, 0.05) is 16.5 Å². The summed E-state index contributed by atoms with van der Waals surface area (Å²) in [4.78, 5) is 25.3. The fourth-order valence-electron chi connectivity index (χ4n) is 5.90. The first-order chi connectivity index (χ1) is 20.7. The predicted octanol–water partition coefficient (Wildman–Crippen LogP) is 5.76. The molecule has 43 heavy (non-hydrogen) atoms. The second kappa shape index (κ2) is 13.9. The van der Waals surface area contributed by atoms with E-state index in [1.807, 2.05) is 36.4 Å². The highest BCUT2D eigenvalue weighted by atomic mass is 32.2. The summed E-state index contributed by atoms with van der Waals surface area (Å²) in [6, 6.07) is 16.1. The van der Waals surface area contributed by atoms with Gasteiger partial charge >= 0.3 is 11.9 Å². The lowest BCUT2D eigenvalue weighted by atomic mass is 9.98. The monoisotopic (exact) mass is 626 g/mol. The van der Waals surface area contributed by atoms with Gasteiger partial charge in [0.15, 0.2) is 11.5 Å². The smallest absolute Gasteiger partial charge is 0.349 e. The van der Waals surface area contributed by atoms with Crippen LogP contribution < -0.4 is 14.4 Å². The topological polar surface area (TPSA) is 122 Å².